The number of amides is 1. The monoisotopic (exact) mass is 297 g/mol. The highest BCUT2D eigenvalue weighted by atomic mass is 32.2. The van der Waals surface area contributed by atoms with Crippen molar-refractivity contribution in [3.63, 3.8) is 0 Å². The van der Waals surface area contributed by atoms with Crippen LogP contribution in [0, 0.1) is 17.2 Å². The van der Waals surface area contributed by atoms with Crippen LogP contribution in [-0.4, -0.2) is 51.5 Å². The van der Waals surface area contributed by atoms with E-state index in [4.69, 9.17) is 5.26 Å². The van der Waals surface area contributed by atoms with Gasteiger partial charge in [-0.25, -0.2) is 4.68 Å². The molecule has 0 saturated carbocycles. The van der Waals surface area contributed by atoms with E-state index in [1.807, 2.05) is 6.07 Å². The smallest absolute Gasteiger partial charge is 0.231 e. The summed E-state index contributed by atoms with van der Waals surface area (Å²) in [6, 6.07) is 1.85. The first kappa shape index (κ1) is 16.4. The fourth-order valence-corrected chi connectivity index (χ4v) is 2.07. The maximum absolute atomic E-state index is 11.4. The van der Waals surface area contributed by atoms with Crippen molar-refractivity contribution in [2.24, 2.45) is 5.92 Å². The SMILES string of the molecule is CC(C)CNCCn1nnnc1SCC(=O)NCC#N. The molecular weight excluding hydrogens is 278 g/mol. The molecule has 0 fully saturated rings. The van der Waals surface area contributed by atoms with Gasteiger partial charge in [0.1, 0.15) is 6.54 Å². The summed E-state index contributed by atoms with van der Waals surface area (Å²) in [7, 11) is 0. The van der Waals surface area contributed by atoms with Gasteiger partial charge in [0.05, 0.1) is 18.4 Å². The number of tetrazole rings is 1. The third-order valence-electron chi connectivity index (χ3n) is 2.25. The van der Waals surface area contributed by atoms with Crippen LogP contribution in [-0.2, 0) is 11.3 Å². The summed E-state index contributed by atoms with van der Waals surface area (Å²) in [5, 5.41) is 26.1. The first-order chi connectivity index (χ1) is 9.63. The van der Waals surface area contributed by atoms with Gasteiger partial charge in [0.15, 0.2) is 0 Å². The Balaban J connectivity index is 2.31. The number of hydrogen-bond donors (Lipinski definition) is 2. The second kappa shape index (κ2) is 9.28. The van der Waals surface area contributed by atoms with E-state index in [1.165, 1.54) is 11.8 Å². The lowest BCUT2D eigenvalue weighted by molar-refractivity contribution is -0.118. The topological polar surface area (TPSA) is 109 Å². The van der Waals surface area contributed by atoms with E-state index in [9.17, 15) is 4.79 Å². The zero-order valence-corrected chi connectivity index (χ0v) is 12.5. The van der Waals surface area contributed by atoms with E-state index in [1.54, 1.807) is 4.68 Å². The van der Waals surface area contributed by atoms with E-state index in [-0.39, 0.29) is 18.2 Å². The molecule has 20 heavy (non-hydrogen) atoms. The maximum atomic E-state index is 11.4. The van der Waals surface area contributed by atoms with E-state index in [0.717, 1.165) is 13.1 Å². The maximum Gasteiger partial charge on any atom is 0.231 e. The molecular formula is C11H19N7OS. The minimum Gasteiger partial charge on any atom is -0.342 e. The predicted octanol–water partition coefficient (Wildman–Crippen LogP) is -0.349. The van der Waals surface area contributed by atoms with Crippen LogP contribution in [0.5, 0.6) is 0 Å². The van der Waals surface area contributed by atoms with Crippen LogP contribution in [0.1, 0.15) is 13.8 Å². The van der Waals surface area contributed by atoms with Crippen molar-refractivity contribution in [1.29, 1.82) is 5.26 Å². The quantitative estimate of drug-likeness (QED) is 0.364. The molecule has 1 heterocycles. The van der Waals surface area contributed by atoms with Crippen LogP contribution in [0.2, 0.25) is 0 Å². The number of carbonyl (C=O) groups is 1. The second-order valence-corrected chi connectivity index (χ2v) is 5.45. The van der Waals surface area contributed by atoms with Gasteiger partial charge >= 0.3 is 0 Å². The highest BCUT2D eigenvalue weighted by Gasteiger charge is 2.09. The molecule has 0 saturated heterocycles. The Hall–Kier alpha value is -1.66. The molecule has 1 amide bonds. The van der Waals surface area contributed by atoms with Gasteiger partial charge in [-0.1, -0.05) is 25.6 Å². The standard InChI is InChI=1S/C11H19N7OS/c1-9(2)7-13-5-6-18-11(15-16-17-18)20-8-10(19)14-4-3-12/h9,13H,4-8H2,1-2H3,(H,14,19). The van der Waals surface area contributed by atoms with Crippen LogP contribution in [0.4, 0.5) is 0 Å². The Morgan fingerprint density at radius 1 is 1.55 bits per heavy atom. The lowest BCUT2D eigenvalue weighted by Crippen LogP contribution is -2.26. The van der Waals surface area contributed by atoms with E-state index < -0.39 is 0 Å². The molecule has 0 bridgehead atoms. The lowest BCUT2D eigenvalue weighted by Gasteiger charge is -2.08. The van der Waals surface area contributed by atoms with E-state index in [2.05, 4.69) is 40.0 Å². The summed E-state index contributed by atoms with van der Waals surface area (Å²) in [5.41, 5.74) is 0. The van der Waals surface area contributed by atoms with Crippen molar-refractivity contribution in [3.05, 3.63) is 0 Å². The molecule has 9 heteroatoms. The zero-order chi connectivity index (χ0) is 14.8. The molecule has 1 aromatic heterocycles. The van der Waals surface area contributed by atoms with Crippen LogP contribution in [0.25, 0.3) is 0 Å². The van der Waals surface area contributed by atoms with Crippen molar-refractivity contribution < 1.29 is 4.79 Å². The Bertz CT molecular complexity index is 454. The van der Waals surface area contributed by atoms with Gasteiger partial charge in [0.2, 0.25) is 11.1 Å². The lowest BCUT2D eigenvalue weighted by atomic mass is 10.2. The molecule has 8 nitrogen and oxygen atoms in total. The minimum atomic E-state index is -0.205. The summed E-state index contributed by atoms with van der Waals surface area (Å²) in [6.07, 6.45) is 0. The average Bonchev–Trinajstić information content (AvgIpc) is 2.86. The second-order valence-electron chi connectivity index (χ2n) is 4.51. The average molecular weight is 297 g/mol. The van der Waals surface area contributed by atoms with Crippen LogP contribution in [0.15, 0.2) is 5.16 Å². The third kappa shape index (κ3) is 6.49. The van der Waals surface area contributed by atoms with Crippen molar-refractivity contribution in [2.45, 2.75) is 25.5 Å². The molecule has 0 radical (unpaired) electrons. The molecule has 0 aliphatic rings. The summed E-state index contributed by atoms with van der Waals surface area (Å²) in [4.78, 5) is 11.4. The Labute approximate surface area is 122 Å². The molecule has 1 aromatic rings. The normalized spacial score (nSPS) is 10.5. The molecule has 0 aromatic carbocycles. The molecule has 2 N–H and O–H groups in total. The molecule has 110 valence electrons. The van der Waals surface area contributed by atoms with Gasteiger partial charge in [-0.05, 0) is 22.9 Å². The van der Waals surface area contributed by atoms with E-state index in [0.29, 0.717) is 17.6 Å². The fraction of sp³-hybridized carbons (Fsp3) is 0.727. The number of rotatable bonds is 9. The number of hydrogen-bond acceptors (Lipinski definition) is 7. The van der Waals surface area contributed by atoms with Crippen molar-refractivity contribution in [1.82, 2.24) is 30.8 Å². The molecule has 0 atom stereocenters. The minimum absolute atomic E-state index is 0.0173. The number of nitriles is 1. The van der Waals surface area contributed by atoms with Crippen molar-refractivity contribution in [2.75, 3.05) is 25.4 Å². The summed E-state index contributed by atoms with van der Waals surface area (Å²) in [5.74, 6) is 0.590. The van der Waals surface area contributed by atoms with Crippen LogP contribution < -0.4 is 10.6 Å². The molecule has 0 aliphatic heterocycles. The van der Waals surface area contributed by atoms with E-state index >= 15 is 0 Å². The summed E-state index contributed by atoms with van der Waals surface area (Å²) in [6.45, 7) is 6.68. The molecule has 0 aliphatic carbocycles. The van der Waals surface area contributed by atoms with Gasteiger partial charge in [0.25, 0.3) is 0 Å². The third-order valence-corrected chi connectivity index (χ3v) is 3.21. The van der Waals surface area contributed by atoms with Crippen LogP contribution in [0.3, 0.4) is 0 Å². The van der Waals surface area contributed by atoms with Gasteiger partial charge < -0.3 is 10.6 Å². The number of carbonyl (C=O) groups excluding carboxylic acids is 1. The first-order valence-electron chi connectivity index (χ1n) is 6.36. The number of nitrogens with zero attached hydrogens (tertiary/aromatic N) is 5. The van der Waals surface area contributed by atoms with Gasteiger partial charge in [0, 0.05) is 6.54 Å². The largest absolute Gasteiger partial charge is 0.342 e. The summed E-state index contributed by atoms with van der Waals surface area (Å²) < 4.78 is 1.66. The number of nitrogens with one attached hydrogen (secondary N) is 2. The summed E-state index contributed by atoms with van der Waals surface area (Å²) >= 11 is 1.25. The van der Waals surface area contributed by atoms with Gasteiger partial charge in [-0.3, -0.25) is 4.79 Å². The first-order valence-corrected chi connectivity index (χ1v) is 7.35. The van der Waals surface area contributed by atoms with Gasteiger partial charge in [-0.2, -0.15) is 5.26 Å². The molecule has 0 spiro atoms. The van der Waals surface area contributed by atoms with Gasteiger partial charge in [-0.15, -0.1) is 5.10 Å². The Morgan fingerprint density at radius 2 is 2.35 bits per heavy atom. The number of thioether (sulfide) groups is 1. The van der Waals surface area contributed by atoms with Crippen molar-refractivity contribution >= 4 is 17.7 Å². The highest BCUT2D eigenvalue weighted by Crippen LogP contribution is 2.12. The Morgan fingerprint density at radius 3 is 3.05 bits per heavy atom. The van der Waals surface area contributed by atoms with Crippen molar-refractivity contribution in [3.8, 4) is 6.07 Å². The number of aromatic nitrogens is 4. The highest BCUT2D eigenvalue weighted by molar-refractivity contribution is 7.99. The molecule has 0 unspecified atom stereocenters. The zero-order valence-electron chi connectivity index (χ0n) is 11.7. The molecule has 1 rings (SSSR count). The fourth-order valence-electron chi connectivity index (χ4n) is 1.34. The predicted molar refractivity (Wildman–Crippen MR) is 74.9 cm³/mol. The Kier molecular flexibility index (Phi) is 7.60. The van der Waals surface area contributed by atoms with Crippen LogP contribution >= 0.6 is 11.8 Å².